The number of nitrogens with zero attached hydrogens (tertiary/aromatic N) is 1. The van der Waals surface area contributed by atoms with Crippen LogP contribution in [0.2, 0.25) is 0 Å². The van der Waals surface area contributed by atoms with Gasteiger partial charge in [-0.2, -0.15) is 0 Å². The Hall–Kier alpha value is -1.88. The Bertz CT molecular complexity index is 579. The second-order valence-corrected chi connectivity index (χ2v) is 5.02. The molecule has 19 heavy (non-hydrogen) atoms. The van der Waals surface area contributed by atoms with Crippen molar-refractivity contribution in [1.29, 1.82) is 0 Å². The lowest BCUT2D eigenvalue weighted by Gasteiger charge is -2.28. The number of H-pyrrole nitrogens is 1. The first-order chi connectivity index (χ1) is 9.09. The molecule has 0 aliphatic rings. The molecule has 1 unspecified atom stereocenters. The topological polar surface area (TPSA) is 78.0 Å². The van der Waals surface area contributed by atoms with Gasteiger partial charge in [-0.05, 0) is 25.5 Å². The number of hydrogen-bond acceptors (Lipinski definition) is 3. The summed E-state index contributed by atoms with van der Waals surface area (Å²) in [4.78, 5) is 19.5. The van der Waals surface area contributed by atoms with Crippen molar-refractivity contribution in [2.45, 2.75) is 32.2 Å². The zero-order valence-electron chi connectivity index (χ0n) is 11.2. The fourth-order valence-corrected chi connectivity index (χ4v) is 2.23. The summed E-state index contributed by atoms with van der Waals surface area (Å²) in [5, 5.41) is 13.2. The number of rotatable bonds is 5. The van der Waals surface area contributed by atoms with Crippen molar-refractivity contribution >= 4 is 16.9 Å². The lowest BCUT2D eigenvalue weighted by Crippen LogP contribution is -2.48. The summed E-state index contributed by atoms with van der Waals surface area (Å²) in [6, 6.07) is 3.52. The van der Waals surface area contributed by atoms with E-state index in [1.165, 1.54) is 0 Å². The Morgan fingerprint density at radius 2 is 2.32 bits per heavy atom. The Labute approximate surface area is 112 Å². The van der Waals surface area contributed by atoms with Crippen LogP contribution in [0.1, 0.15) is 37.0 Å². The highest BCUT2D eigenvalue weighted by Gasteiger charge is 2.25. The van der Waals surface area contributed by atoms with Gasteiger partial charge in [-0.25, -0.2) is 4.98 Å². The zero-order valence-corrected chi connectivity index (χ0v) is 11.2. The van der Waals surface area contributed by atoms with Gasteiger partial charge in [0.05, 0.1) is 17.7 Å². The highest BCUT2D eigenvalue weighted by atomic mass is 16.3. The molecule has 0 radical (unpaired) electrons. The number of aromatic amines is 1. The zero-order chi connectivity index (χ0) is 13.9. The van der Waals surface area contributed by atoms with Gasteiger partial charge in [0, 0.05) is 17.8 Å². The van der Waals surface area contributed by atoms with E-state index >= 15 is 0 Å². The maximum atomic E-state index is 12.3. The number of aliphatic hydroxyl groups excluding tert-OH is 1. The average molecular weight is 261 g/mol. The van der Waals surface area contributed by atoms with Crippen LogP contribution in [0.15, 0.2) is 24.5 Å². The van der Waals surface area contributed by atoms with E-state index in [0.29, 0.717) is 11.2 Å². The summed E-state index contributed by atoms with van der Waals surface area (Å²) in [6.45, 7) is 3.80. The van der Waals surface area contributed by atoms with Crippen LogP contribution in [0.5, 0.6) is 0 Å². The van der Waals surface area contributed by atoms with Gasteiger partial charge in [-0.1, -0.05) is 13.3 Å². The first kappa shape index (κ1) is 13.5. The summed E-state index contributed by atoms with van der Waals surface area (Å²) in [6.07, 6.45) is 4.99. The van der Waals surface area contributed by atoms with Crippen molar-refractivity contribution in [2.75, 3.05) is 6.61 Å². The number of carbonyl (C=O) groups excluding carboxylic acids is 1. The third kappa shape index (κ3) is 2.76. The number of aromatic nitrogens is 2. The molecule has 0 saturated heterocycles. The number of fused-ring (bicyclic) bond motifs is 1. The molecule has 5 heteroatoms. The van der Waals surface area contributed by atoms with E-state index < -0.39 is 5.54 Å². The Morgan fingerprint density at radius 1 is 1.53 bits per heavy atom. The van der Waals surface area contributed by atoms with Crippen molar-refractivity contribution in [3.05, 3.63) is 30.1 Å². The van der Waals surface area contributed by atoms with E-state index in [1.54, 1.807) is 18.5 Å². The summed E-state index contributed by atoms with van der Waals surface area (Å²) in [7, 11) is 0. The molecule has 0 aliphatic carbocycles. The first-order valence-corrected chi connectivity index (χ1v) is 6.45. The number of carbonyl (C=O) groups is 1. The van der Waals surface area contributed by atoms with E-state index in [4.69, 9.17) is 0 Å². The molecule has 102 valence electrons. The van der Waals surface area contributed by atoms with Crippen LogP contribution in [0.3, 0.4) is 0 Å². The normalized spacial score (nSPS) is 14.3. The Kier molecular flexibility index (Phi) is 3.85. The maximum Gasteiger partial charge on any atom is 0.252 e. The van der Waals surface area contributed by atoms with Gasteiger partial charge in [0.1, 0.15) is 5.65 Å². The Morgan fingerprint density at radius 3 is 3.00 bits per heavy atom. The smallest absolute Gasteiger partial charge is 0.252 e. The Balaban J connectivity index is 2.27. The van der Waals surface area contributed by atoms with Gasteiger partial charge in [0.2, 0.25) is 0 Å². The molecule has 0 aromatic carbocycles. The molecule has 0 saturated carbocycles. The first-order valence-electron chi connectivity index (χ1n) is 6.45. The van der Waals surface area contributed by atoms with Gasteiger partial charge in [-0.3, -0.25) is 4.79 Å². The van der Waals surface area contributed by atoms with Crippen LogP contribution in [-0.2, 0) is 0 Å². The molecule has 0 aliphatic heterocycles. The summed E-state index contributed by atoms with van der Waals surface area (Å²) in [5.74, 6) is -0.183. The van der Waals surface area contributed by atoms with E-state index in [2.05, 4.69) is 15.3 Å². The molecule has 0 bridgehead atoms. The van der Waals surface area contributed by atoms with Gasteiger partial charge >= 0.3 is 0 Å². The van der Waals surface area contributed by atoms with Crippen LogP contribution < -0.4 is 5.32 Å². The molecule has 2 aromatic rings. The molecule has 1 atom stereocenters. The molecule has 3 N–H and O–H groups in total. The maximum absolute atomic E-state index is 12.3. The molecule has 1 amide bonds. The number of hydrogen-bond donors (Lipinski definition) is 3. The van der Waals surface area contributed by atoms with Crippen molar-refractivity contribution in [1.82, 2.24) is 15.3 Å². The molecular weight excluding hydrogens is 242 g/mol. The van der Waals surface area contributed by atoms with Gasteiger partial charge in [0.15, 0.2) is 0 Å². The van der Waals surface area contributed by atoms with Crippen molar-refractivity contribution in [3.63, 3.8) is 0 Å². The largest absolute Gasteiger partial charge is 0.394 e. The third-order valence-electron chi connectivity index (χ3n) is 3.27. The van der Waals surface area contributed by atoms with E-state index in [-0.39, 0.29) is 12.5 Å². The van der Waals surface area contributed by atoms with Gasteiger partial charge in [-0.15, -0.1) is 0 Å². The summed E-state index contributed by atoms with van der Waals surface area (Å²) >= 11 is 0. The van der Waals surface area contributed by atoms with Crippen LogP contribution in [-0.4, -0.2) is 33.1 Å². The number of nitrogens with one attached hydrogen (secondary N) is 2. The third-order valence-corrected chi connectivity index (χ3v) is 3.27. The van der Waals surface area contributed by atoms with E-state index in [0.717, 1.165) is 18.2 Å². The molecule has 2 heterocycles. The SMILES string of the molecule is CCCC(C)(CO)NC(=O)c1ccnc2[nH]ccc12. The van der Waals surface area contributed by atoms with Crippen LogP contribution in [0.4, 0.5) is 0 Å². The average Bonchev–Trinajstić information content (AvgIpc) is 2.86. The monoisotopic (exact) mass is 261 g/mol. The predicted molar refractivity (Wildman–Crippen MR) is 74.0 cm³/mol. The lowest BCUT2D eigenvalue weighted by molar-refractivity contribution is 0.0842. The minimum atomic E-state index is -0.586. The molecule has 0 spiro atoms. The molecule has 2 rings (SSSR count). The lowest BCUT2D eigenvalue weighted by atomic mass is 9.96. The van der Waals surface area contributed by atoms with E-state index in [1.807, 2.05) is 19.9 Å². The van der Waals surface area contributed by atoms with Gasteiger partial charge in [0.25, 0.3) is 5.91 Å². The quantitative estimate of drug-likeness (QED) is 0.768. The minimum Gasteiger partial charge on any atom is -0.394 e. The van der Waals surface area contributed by atoms with Gasteiger partial charge < -0.3 is 15.4 Å². The number of aliphatic hydroxyl groups is 1. The second kappa shape index (κ2) is 5.40. The standard InChI is InChI=1S/C14H19N3O2/c1-3-6-14(2,9-18)17-13(19)11-5-8-16-12-10(11)4-7-15-12/h4-5,7-8,18H,3,6,9H2,1-2H3,(H,15,16)(H,17,19). The van der Waals surface area contributed by atoms with E-state index in [9.17, 15) is 9.90 Å². The van der Waals surface area contributed by atoms with Crippen molar-refractivity contribution < 1.29 is 9.90 Å². The van der Waals surface area contributed by atoms with Crippen LogP contribution in [0, 0.1) is 0 Å². The summed E-state index contributed by atoms with van der Waals surface area (Å²) < 4.78 is 0. The predicted octanol–water partition coefficient (Wildman–Crippen LogP) is 1.84. The van der Waals surface area contributed by atoms with Crippen molar-refractivity contribution in [3.8, 4) is 0 Å². The molecule has 2 aromatic heterocycles. The molecule has 0 fully saturated rings. The second-order valence-electron chi connectivity index (χ2n) is 5.02. The highest BCUT2D eigenvalue weighted by molar-refractivity contribution is 6.05. The molecule has 5 nitrogen and oxygen atoms in total. The fourth-order valence-electron chi connectivity index (χ4n) is 2.23. The summed E-state index contributed by atoms with van der Waals surface area (Å²) in [5.41, 5.74) is 0.674. The highest BCUT2D eigenvalue weighted by Crippen LogP contribution is 2.17. The number of amides is 1. The fraction of sp³-hybridized carbons (Fsp3) is 0.429. The number of pyridine rings is 1. The van der Waals surface area contributed by atoms with Crippen LogP contribution >= 0.6 is 0 Å². The van der Waals surface area contributed by atoms with Crippen LogP contribution in [0.25, 0.3) is 11.0 Å². The van der Waals surface area contributed by atoms with Crippen molar-refractivity contribution in [2.24, 2.45) is 0 Å². The molecular formula is C14H19N3O2. The minimum absolute atomic E-state index is 0.0755.